The van der Waals surface area contributed by atoms with Gasteiger partial charge in [-0.15, -0.1) is 29.1 Å². The van der Waals surface area contributed by atoms with E-state index in [0.717, 1.165) is 64.6 Å². The van der Waals surface area contributed by atoms with Gasteiger partial charge < -0.3 is 14.1 Å². The fourth-order valence-electron chi connectivity index (χ4n) is 5.62. The average Bonchev–Trinajstić information content (AvgIpc) is 3.55. The Balaban J connectivity index is 0.000000301. The standard InChI is InChI=1S/C27H23N2O.C15H28O2.Ir/c1-27(2,3)23-14-21(13-18-7-5-6-8-22(18)23)25-16-19(9-11-29(25)4)24-15-20-10-12-30-26(20)17-28-24;1-7-14(5,8-2)12(16)11-13(17)15(6,9-3)10-4;/h5-12,14-17H,4H2,1-3H3;11,16H,7-10H2,1-6H3;/q-1;;/b;12-11-;. The number of hydrogen-bond acceptors (Lipinski definition) is 4. The molecular formula is C42H51IrN2O3-. The molecule has 3 heterocycles. The normalized spacial score (nSPS) is 12.4. The fourth-order valence-corrected chi connectivity index (χ4v) is 5.62. The van der Waals surface area contributed by atoms with E-state index in [1.807, 2.05) is 64.4 Å². The van der Waals surface area contributed by atoms with E-state index in [-0.39, 0.29) is 47.9 Å². The van der Waals surface area contributed by atoms with Gasteiger partial charge in [0.15, 0.2) is 11.4 Å². The number of aliphatic hydroxyl groups excluding tert-OH is 1. The first-order valence-corrected chi connectivity index (χ1v) is 16.8. The summed E-state index contributed by atoms with van der Waals surface area (Å²) < 4.78 is 7.32. The Morgan fingerprint density at radius 3 is 2.21 bits per heavy atom. The molecule has 0 fully saturated rings. The Kier molecular flexibility index (Phi) is 12.6. The van der Waals surface area contributed by atoms with E-state index in [1.165, 1.54) is 17.0 Å². The first-order valence-electron chi connectivity index (χ1n) is 16.8. The smallest absolute Gasteiger partial charge is 0.164 e. The van der Waals surface area contributed by atoms with Crippen molar-refractivity contribution >= 4 is 27.5 Å². The van der Waals surface area contributed by atoms with Gasteiger partial charge in [-0.2, -0.15) is 0 Å². The summed E-state index contributed by atoms with van der Waals surface area (Å²) in [5.41, 5.74) is 5.47. The Morgan fingerprint density at radius 2 is 1.58 bits per heavy atom. The van der Waals surface area contributed by atoms with Crippen molar-refractivity contribution in [2.75, 3.05) is 0 Å². The van der Waals surface area contributed by atoms with Crippen LogP contribution in [0.4, 0.5) is 0 Å². The number of nitrogens with zero attached hydrogens (tertiary/aromatic N) is 2. The molecule has 0 atom stereocenters. The molecule has 0 aliphatic heterocycles. The zero-order valence-electron chi connectivity index (χ0n) is 30.0. The second-order valence-corrected chi connectivity index (χ2v) is 14.1. The molecule has 1 radical (unpaired) electrons. The molecular weight excluding hydrogens is 773 g/mol. The van der Waals surface area contributed by atoms with Gasteiger partial charge in [0, 0.05) is 49.4 Å². The summed E-state index contributed by atoms with van der Waals surface area (Å²) in [5.74, 6) is 0.286. The molecule has 2 aromatic carbocycles. The van der Waals surface area contributed by atoms with Crippen LogP contribution in [0, 0.1) is 23.9 Å². The van der Waals surface area contributed by atoms with Crippen LogP contribution in [0.1, 0.15) is 93.6 Å². The summed E-state index contributed by atoms with van der Waals surface area (Å²) >= 11 is 0. The third kappa shape index (κ3) is 8.28. The third-order valence-corrected chi connectivity index (χ3v) is 10.1. The summed E-state index contributed by atoms with van der Waals surface area (Å²) in [7, 11) is 4.21. The van der Waals surface area contributed by atoms with Crippen molar-refractivity contribution in [1.82, 2.24) is 4.98 Å². The second-order valence-electron chi connectivity index (χ2n) is 14.1. The molecule has 0 spiro atoms. The molecule has 5 aromatic rings. The van der Waals surface area contributed by atoms with Crippen LogP contribution >= 0.6 is 0 Å². The topological polar surface area (TPSA) is 67.2 Å². The molecule has 1 N–H and O–H groups in total. The van der Waals surface area contributed by atoms with Crippen LogP contribution in [0.15, 0.2) is 89.5 Å². The number of ketones is 1. The van der Waals surface area contributed by atoms with Crippen molar-refractivity contribution in [2.45, 2.75) is 93.4 Å². The number of benzene rings is 2. The maximum Gasteiger partial charge on any atom is 0.164 e. The molecule has 257 valence electrons. The van der Waals surface area contributed by atoms with Crippen molar-refractivity contribution in [3.63, 3.8) is 0 Å². The van der Waals surface area contributed by atoms with E-state index < -0.39 is 0 Å². The molecule has 0 saturated heterocycles. The second kappa shape index (κ2) is 15.7. The van der Waals surface area contributed by atoms with Gasteiger partial charge in [-0.25, -0.2) is 0 Å². The average molecular weight is 824 g/mol. The van der Waals surface area contributed by atoms with Crippen LogP contribution in [0.2, 0.25) is 0 Å². The third-order valence-electron chi connectivity index (χ3n) is 10.1. The maximum atomic E-state index is 12.2. The molecule has 5 nitrogen and oxygen atoms in total. The Hall–Kier alpha value is -3.73. The van der Waals surface area contributed by atoms with E-state index in [4.69, 9.17) is 4.42 Å². The fraction of sp³-hybridized carbons (Fsp3) is 0.381. The largest absolute Gasteiger partial charge is 0.512 e. The van der Waals surface area contributed by atoms with Gasteiger partial charge in [0.05, 0.1) is 24.4 Å². The van der Waals surface area contributed by atoms with Crippen molar-refractivity contribution < 1.29 is 39.0 Å². The number of aromatic nitrogens is 2. The monoisotopic (exact) mass is 824 g/mol. The first-order chi connectivity index (χ1) is 22.2. The van der Waals surface area contributed by atoms with Gasteiger partial charge in [0.25, 0.3) is 0 Å². The van der Waals surface area contributed by atoms with Crippen molar-refractivity contribution in [2.24, 2.45) is 10.8 Å². The van der Waals surface area contributed by atoms with Gasteiger partial charge >= 0.3 is 0 Å². The van der Waals surface area contributed by atoms with Crippen LogP contribution in [0.5, 0.6) is 0 Å². The predicted octanol–water partition coefficient (Wildman–Crippen LogP) is 11.0. The van der Waals surface area contributed by atoms with Crippen molar-refractivity contribution in [3.8, 4) is 22.5 Å². The van der Waals surface area contributed by atoms with Gasteiger partial charge in [0.1, 0.15) is 11.5 Å². The minimum absolute atomic E-state index is 0. The summed E-state index contributed by atoms with van der Waals surface area (Å²) in [6, 6.07) is 22.5. The van der Waals surface area contributed by atoms with Gasteiger partial charge in [-0.1, -0.05) is 91.5 Å². The maximum absolute atomic E-state index is 12.2. The molecule has 0 aliphatic rings. The predicted molar refractivity (Wildman–Crippen MR) is 194 cm³/mol. The molecule has 0 amide bonds. The molecule has 0 unspecified atom stereocenters. The number of hydrogen-bond donors (Lipinski definition) is 1. The summed E-state index contributed by atoms with van der Waals surface area (Å²) in [4.78, 5) is 16.8. The summed E-state index contributed by atoms with van der Waals surface area (Å²) in [6.07, 6.45) is 10.2. The molecule has 0 bridgehead atoms. The molecule has 0 saturated carbocycles. The SMILES string of the molecule is CCC(C)(CC)C(=O)/C=C(\O)C(C)(CC)CC.[CH2-][n+]1ccc(-c2cc3ccoc3cn2)cc1-c1[c-]c2ccccc2c(C(C)(C)C)c1.[Ir]. The van der Waals surface area contributed by atoms with Gasteiger partial charge in [0.2, 0.25) is 0 Å². The van der Waals surface area contributed by atoms with E-state index in [1.54, 1.807) is 12.5 Å². The van der Waals surface area contributed by atoms with Crippen LogP contribution in [-0.4, -0.2) is 15.9 Å². The number of fused-ring (bicyclic) bond motifs is 2. The van der Waals surface area contributed by atoms with E-state index in [0.29, 0.717) is 0 Å². The minimum Gasteiger partial charge on any atom is -0.512 e. The Bertz CT molecular complexity index is 1890. The quantitative estimate of drug-likeness (QED) is 0.0696. The number of allylic oxidation sites excluding steroid dienone is 2. The number of pyridine rings is 2. The number of rotatable bonds is 9. The Labute approximate surface area is 300 Å². The molecule has 3 aromatic heterocycles. The van der Waals surface area contributed by atoms with Gasteiger partial charge in [-0.3, -0.25) is 9.78 Å². The Morgan fingerprint density at radius 1 is 0.938 bits per heavy atom. The van der Waals surface area contributed by atoms with Crippen LogP contribution < -0.4 is 4.57 Å². The molecule has 48 heavy (non-hydrogen) atoms. The van der Waals surface area contributed by atoms with E-state index in [2.05, 4.69) is 81.3 Å². The van der Waals surface area contributed by atoms with Crippen LogP contribution in [0.3, 0.4) is 0 Å². The van der Waals surface area contributed by atoms with E-state index >= 15 is 0 Å². The van der Waals surface area contributed by atoms with Crippen LogP contribution in [-0.2, 0) is 30.3 Å². The molecule has 0 aliphatic carbocycles. The van der Waals surface area contributed by atoms with Crippen LogP contribution in [0.25, 0.3) is 44.3 Å². The summed E-state index contributed by atoms with van der Waals surface area (Å²) in [5, 5.41) is 13.5. The number of carbonyl (C=O) groups is 1. The zero-order chi connectivity index (χ0) is 34.6. The molecule has 6 heteroatoms. The zero-order valence-corrected chi connectivity index (χ0v) is 32.4. The molecule has 5 rings (SSSR count). The van der Waals surface area contributed by atoms with Crippen molar-refractivity contribution in [1.29, 1.82) is 0 Å². The van der Waals surface area contributed by atoms with Crippen molar-refractivity contribution in [3.05, 3.63) is 104 Å². The first kappa shape index (κ1) is 38.7. The number of furan rings is 1. The summed E-state index contributed by atoms with van der Waals surface area (Å²) in [6.45, 7) is 18.8. The van der Waals surface area contributed by atoms with Gasteiger partial charge in [-0.05, 0) is 60.9 Å². The number of carbonyl (C=O) groups excluding carboxylic acids is 1. The minimum atomic E-state index is -0.337. The number of aliphatic hydroxyl groups is 1. The van der Waals surface area contributed by atoms with E-state index in [9.17, 15) is 9.90 Å².